The highest BCUT2D eigenvalue weighted by molar-refractivity contribution is 5.96. The summed E-state index contributed by atoms with van der Waals surface area (Å²) in [5.41, 5.74) is 2.98. The highest BCUT2D eigenvalue weighted by Crippen LogP contribution is 2.24. The number of fused-ring (bicyclic) bond motifs is 1. The minimum absolute atomic E-state index is 0.0257. The van der Waals surface area contributed by atoms with E-state index in [0.717, 1.165) is 34.3 Å². The standard InChI is InChI=1S/C22H23NO4/c1-15-4-3-5-17-13-20(27-21(15)17)22(24)23-10-11-26-19(14-23)12-16-6-8-18(25-2)9-7-16/h3-9,13,19H,10-12,14H2,1-2H3/t19-/m1/s1. The number of hydrogen-bond donors (Lipinski definition) is 0. The van der Waals surface area contributed by atoms with Crippen molar-refractivity contribution in [1.29, 1.82) is 0 Å². The Hall–Kier alpha value is -2.79. The summed E-state index contributed by atoms with van der Waals surface area (Å²) in [6, 6.07) is 15.7. The molecule has 1 aliphatic rings. The van der Waals surface area contributed by atoms with Crippen LogP contribution in [0, 0.1) is 6.92 Å². The summed E-state index contributed by atoms with van der Waals surface area (Å²) in [5, 5.41) is 0.960. The number of furan rings is 1. The van der Waals surface area contributed by atoms with Gasteiger partial charge in [-0.2, -0.15) is 0 Å². The average Bonchev–Trinajstić information content (AvgIpc) is 3.14. The van der Waals surface area contributed by atoms with E-state index < -0.39 is 0 Å². The van der Waals surface area contributed by atoms with Gasteiger partial charge in [0, 0.05) is 24.9 Å². The number of carbonyl (C=O) groups excluding carboxylic acids is 1. The van der Waals surface area contributed by atoms with Gasteiger partial charge >= 0.3 is 0 Å². The number of ether oxygens (including phenoxy) is 2. The second-order valence-corrected chi connectivity index (χ2v) is 6.90. The third-order valence-corrected chi connectivity index (χ3v) is 5.00. The molecule has 0 radical (unpaired) electrons. The minimum atomic E-state index is -0.0753. The minimum Gasteiger partial charge on any atom is -0.497 e. The molecule has 5 heteroatoms. The molecule has 1 amide bonds. The van der Waals surface area contributed by atoms with Crippen LogP contribution in [0.3, 0.4) is 0 Å². The molecule has 0 bridgehead atoms. The predicted molar refractivity (Wildman–Crippen MR) is 103 cm³/mol. The molecule has 0 unspecified atom stereocenters. The molecular formula is C22H23NO4. The van der Waals surface area contributed by atoms with Gasteiger partial charge < -0.3 is 18.8 Å². The monoisotopic (exact) mass is 365 g/mol. The number of methoxy groups -OCH3 is 1. The van der Waals surface area contributed by atoms with Crippen molar-refractivity contribution in [3.05, 3.63) is 65.4 Å². The van der Waals surface area contributed by atoms with E-state index in [0.29, 0.717) is 25.5 Å². The number of para-hydroxylation sites is 1. The van der Waals surface area contributed by atoms with Crippen LogP contribution in [-0.2, 0) is 11.2 Å². The van der Waals surface area contributed by atoms with Crippen molar-refractivity contribution >= 4 is 16.9 Å². The van der Waals surface area contributed by atoms with E-state index in [1.54, 1.807) is 7.11 Å². The lowest BCUT2D eigenvalue weighted by atomic mass is 10.1. The molecule has 27 heavy (non-hydrogen) atoms. The number of benzene rings is 2. The van der Waals surface area contributed by atoms with Crippen LogP contribution < -0.4 is 4.74 Å². The molecule has 3 aromatic rings. The van der Waals surface area contributed by atoms with E-state index >= 15 is 0 Å². The topological polar surface area (TPSA) is 51.9 Å². The van der Waals surface area contributed by atoms with Gasteiger partial charge in [0.15, 0.2) is 5.76 Å². The highest BCUT2D eigenvalue weighted by Gasteiger charge is 2.27. The summed E-state index contributed by atoms with van der Waals surface area (Å²) in [5.74, 6) is 1.15. The van der Waals surface area contributed by atoms with Crippen LogP contribution in [-0.4, -0.2) is 43.7 Å². The number of morpholine rings is 1. The second-order valence-electron chi connectivity index (χ2n) is 6.90. The fourth-order valence-electron chi connectivity index (χ4n) is 3.52. The Labute approximate surface area is 158 Å². The lowest BCUT2D eigenvalue weighted by Crippen LogP contribution is -2.46. The summed E-state index contributed by atoms with van der Waals surface area (Å²) in [7, 11) is 1.66. The summed E-state index contributed by atoms with van der Waals surface area (Å²) in [4.78, 5) is 14.7. The van der Waals surface area contributed by atoms with Crippen LogP contribution in [0.15, 0.2) is 52.9 Å². The van der Waals surface area contributed by atoms with Gasteiger partial charge in [-0.05, 0) is 36.2 Å². The smallest absolute Gasteiger partial charge is 0.289 e. The molecule has 0 N–H and O–H groups in total. The molecular weight excluding hydrogens is 342 g/mol. The Morgan fingerprint density at radius 2 is 2.04 bits per heavy atom. The van der Waals surface area contributed by atoms with E-state index in [4.69, 9.17) is 13.9 Å². The number of hydrogen-bond acceptors (Lipinski definition) is 4. The average molecular weight is 365 g/mol. The third-order valence-electron chi connectivity index (χ3n) is 5.00. The van der Waals surface area contributed by atoms with Gasteiger partial charge in [-0.25, -0.2) is 0 Å². The van der Waals surface area contributed by atoms with Crippen LogP contribution in [0.5, 0.6) is 5.75 Å². The molecule has 5 nitrogen and oxygen atoms in total. The van der Waals surface area contributed by atoms with E-state index in [-0.39, 0.29) is 12.0 Å². The number of aryl methyl sites for hydroxylation is 1. The molecule has 1 aromatic heterocycles. The maximum atomic E-state index is 12.9. The molecule has 2 aromatic carbocycles. The maximum absolute atomic E-state index is 12.9. The molecule has 1 saturated heterocycles. The summed E-state index contributed by atoms with van der Waals surface area (Å²) < 4.78 is 16.9. The van der Waals surface area contributed by atoms with Crippen molar-refractivity contribution in [3.63, 3.8) is 0 Å². The van der Waals surface area contributed by atoms with Gasteiger partial charge in [0.25, 0.3) is 5.91 Å². The van der Waals surface area contributed by atoms with E-state index in [1.165, 1.54) is 0 Å². The van der Waals surface area contributed by atoms with Crippen molar-refractivity contribution in [2.24, 2.45) is 0 Å². The third kappa shape index (κ3) is 3.69. The first-order chi connectivity index (χ1) is 13.1. The normalized spacial score (nSPS) is 17.3. The van der Waals surface area contributed by atoms with Crippen LogP contribution in [0.25, 0.3) is 11.0 Å². The first kappa shape index (κ1) is 17.6. The highest BCUT2D eigenvalue weighted by atomic mass is 16.5. The molecule has 0 aliphatic carbocycles. The predicted octanol–water partition coefficient (Wildman–Crippen LogP) is 3.83. The molecule has 1 aliphatic heterocycles. The molecule has 1 fully saturated rings. The van der Waals surface area contributed by atoms with Crippen molar-refractivity contribution < 1.29 is 18.7 Å². The molecule has 2 heterocycles. The summed E-state index contributed by atoms with van der Waals surface area (Å²) in [6.07, 6.45) is 0.731. The van der Waals surface area contributed by atoms with E-state index in [1.807, 2.05) is 60.4 Å². The van der Waals surface area contributed by atoms with Crippen molar-refractivity contribution in [2.75, 3.05) is 26.8 Å². The zero-order chi connectivity index (χ0) is 18.8. The van der Waals surface area contributed by atoms with Gasteiger partial charge in [0.2, 0.25) is 0 Å². The fraction of sp³-hybridized carbons (Fsp3) is 0.318. The van der Waals surface area contributed by atoms with Crippen molar-refractivity contribution in [2.45, 2.75) is 19.4 Å². The van der Waals surface area contributed by atoms with Crippen LogP contribution in [0.2, 0.25) is 0 Å². The van der Waals surface area contributed by atoms with E-state index in [2.05, 4.69) is 0 Å². The Kier molecular flexibility index (Phi) is 4.86. The van der Waals surface area contributed by atoms with Gasteiger partial charge in [-0.1, -0.05) is 30.3 Å². The quantitative estimate of drug-likeness (QED) is 0.705. The Bertz CT molecular complexity index is 945. The first-order valence-corrected chi connectivity index (χ1v) is 9.17. The maximum Gasteiger partial charge on any atom is 0.289 e. The second kappa shape index (κ2) is 7.45. The van der Waals surface area contributed by atoms with Gasteiger partial charge in [0.1, 0.15) is 11.3 Å². The van der Waals surface area contributed by atoms with Crippen molar-refractivity contribution in [1.82, 2.24) is 4.90 Å². The lowest BCUT2D eigenvalue weighted by molar-refractivity contribution is -0.0217. The number of carbonyl (C=O) groups is 1. The number of nitrogens with zero attached hydrogens (tertiary/aromatic N) is 1. The van der Waals surface area contributed by atoms with Gasteiger partial charge in [0.05, 0.1) is 19.8 Å². The first-order valence-electron chi connectivity index (χ1n) is 9.17. The Morgan fingerprint density at radius 3 is 2.78 bits per heavy atom. The fourth-order valence-corrected chi connectivity index (χ4v) is 3.52. The van der Waals surface area contributed by atoms with E-state index in [9.17, 15) is 4.79 Å². The molecule has 0 spiro atoms. The zero-order valence-corrected chi connectivity index (χ0v) is 15.6. The Morgan fingerprint density at radius 1 is 1.22 bits per heavy atom. The molecule has 1 atom stereocenters. The van der Waals surface area contributed by atoms with Crippen LogP contribution in [0.4, 0.5) is 0 Å². The summed E-state index contributed by atoms with van der Waals surface area (Å²) >= 11 is 0. The zero-order valence-electron chi connectivity index (χ0n) is 15.6. The number of rotatable bonds is 4. The number of amides is 1. The largest absolute Gasteiger partial charge is 0.497 e. The van der Waals surface area contributed by atoms with Gasteiger partial charge in [-0.15, -0.1) is 0 Å². The molecule has 0 saturated carbocycles. The molecule has 4 rings (SSSR count). The SMILES string of the molecule is COc1ccc(C[C@@H]2CN(C(=O)c3cc4cccc(C)c4o3)CCO2)cc1. The van der Waals surface area contributed by atoms with Crippen LogP contribution in [0.1, 0.15) is 21.7 Å². The summed E-state index contributed by atoms with van der Waals surface area (Å²) in [6.45, 7) is 3.65. The Balaban J connectivity index is 1.46. The van der Waals surface area contributed by atoms with Gasteiger partial charge in [-0.3, -0.25) is 4.79 Å². The van der Waals surface area contributed by atoms with Crippen LogP contribution >= 0.6 is 0 Å². The lowest BCUT2D eigenvalue weighted by Gasteiger charge is -2.32. The van der Waals surface area contributed by atoms with Crippen molar-refractivity contribution in [3.8, 4) is 5.75 Å². The molecule has 140 valence electrons.